The Bertz CT molecular complexity index is 594. The summed E-state index contributed by atoms with van der Waals surface area (Å²) in [6.45, 7) is 5.53. The predicted octanol–water partition coefficient (Wildman–Crippen LogP) is 3.94. The van der Waals surface area contributed by atoms with Gasteiger partial charge in [-0.2, -0.15) is 0 Å². The molecule has 0 bridgehead atoms. The summed E-state index contributed by atoms with van der Waals surface area (Å²) >= 11 is 0. The Balaban J connectivity index is 2.06. The van der Waals surface area contributed by atoms with Gasteiger partial charge in [0, 0.05) is 5.56 Å². The lowest BCUT2D eigenvalue weighted by Gasteiger charge is -2.35. The number of anilines is 1. The number of para-hydroxylation sites is 1. The van der Waals surface area contributed by atoms with Gasteiger partial charge in [0.2, 0.25) is 0 Å². The first kappa shape index (κ1) is 14.1. The van der Waals surface area contributed by atoms with E-state index in [2.05, 4.69) is 0 Å². The van der Waals surface area contributed by atoms with Crippen LogP contribution in [0.3, 0.4) is 0 Å². The Hall–Kier alpha value is -1.84. The van der Waals surface area contributed by atoms with Crippen LogP contribution in [-0.2, 0) is 4.74 Å². The number of amides is 1. The average molecular weight is 287 g/mol. The Morgan fingerprint density at radius 1 is 1.19 bits per heavy atom. The fraction of sp³-hybridized carbons (Fsp3) is 0.529. The SMILES string of the molecule is CC(C)(C)OC(=O)N1c2ccccc2C(=O)C12CCCC2. The average Bonchev–Trinajstić information content (AvgIpc) is 2.95. The second-order valence-electron chi connectivity index (χ2n) is 6.90. The number of carbonyl (C=O) groups is 2. The molecule has 112 valence electrons. The quantitative estimate of drug-likeness (QED) is 0.726. The van der Waals surface area contributed by atoms with Gasteiger partial charge < -0.3 is 4.74 Å². The number of carbonyl (C=O) groups excluding carboxylic acids is 2. The maximum atomic E-state index is 12.9. The van der Waals surface area contributed by atoms with E-state index in [1.165, 1.54) is 0 Å². The number of Topliss-reactive ketones (excluding diaryl/α,β-unsaturated/α-hetero) is 1. The van der Waals surface area contributed by atoms with E-state index in [4.69, 9.17) is 4.74 Å². The molecule has 4 nitrogen and oxygen atoms in total. The number of fused-ring (bicyclic) bond motifs is 1. The van der Waals surface area contributed by atoms with Crippen LogP contribution in [-0.4, -0.2) is 23.0 Å². The van der Waals surface area contributed by atoms with Crippen LogP contribution in [0, 0.1) is 0 Å². The van der Waals surface area contributed by atoms with Gasteiger partial charge in [0.05, 0.1) is 5.69 Å². The van der Waals surface area contributed by atoms with Gasteiger partial charge in [-0.05, 0) is 45.7 Å². The smallest absolute Gasteiger partial charge is 0.415 e. The third-order valence-electron chi connectivity index (χ3n) is 4.25. The molecule has 0 saturated heterocycles. The summed E-state index contributed by atoms with van der Waals surface area (Å²) in [4.78, 5) is 27.1. The summed E-state index contributed by atoms with van der Waals surface area (Å²) in [7, 11) is 0. The van der Waals surface area contributed by atoms with Crippen LogP contribution in [0.2, 0.25) is 0 Å². The monoisotopic (exact) mass is 287 g/mol. The van der Waals surface area contributed by atoms with Gasteiger partial charge in [0.25, 0.3) is 0 Å². The van der Waals surface area contributed by atoms with Crippen LogP contribution in [0.5, 0.6) is 0 Å². The van der Waals surface area contributed by atoms with Gasteiger partial charge in [0.1, 0.15) is 11.1 Å². The van der Waals surface area contributed by atoms with E-state index in [1.807, 2.05) is 45.0 Å². The van der Waals surface area contributed by atoms with Gasteiger partial charge in [-0.15, -0.1) is 0 Å². The fourth-order valence-electron chi connectivity index (χ4n) is 3.43. The molecule has 1 spiro atoms. The number of hydrogen-bond donors (Lipinski definition) is 0. The highest BCUT2D eigenvalue weighted by Gasteiger charge is 2.55. The first-order valence-electron chi connectivity index (χ1n) is 7.52. The zero-order valence-electron chi connectivity index (χ0n) is 12.8. The molecule has 2 aliphatic rings. The largest absolute Gasteiger partial charge is 0.443 e. The van der Waals surface area contributed by atoms with Crippen LogP contribution >= 0.6 is 0 Å². The van der Waals surface area contributed by atoms with E-state index in [9.17, 15) is 9.59 Å². The Morgan fingerprint density at radius 2 is 1.81 bits per heavy atom. The normalized spacial score (nSPS) is 20.0. The van der Waals surface area contributed by atoms with Crippen LogP contribution in [0.1, 0.15) is 56.8 Å². The molecule has 0 radical (unpaired) electrons. The zero-order chi connectivity index (χ0) is 15.3. The van der Waals surface area contributed by atoms with Gasteiger partial charge >= 0.3 is 6.09 Å². The summed E-state index contributed by atoms with van der Waals surface area (Å²) in [5.74, 6) is 0.0708. The maximum Gasteiger partial charge on any atom is 0.415 e. The molecule has 1 aliphatic carbocycles. The van der Waals surface area contributed by atoms with Gasteiger partial charge in [-0.1, -0.05) is 25.0 Å². The first-order chi connectivity index (χ1) is 9.85. The molecule has 0 aromatic heterocycles. The highest BCUT2D eigenvalue weighted by atomic mass is 16.6. The molecular formula is C17H21NO3. The highest BCUT2D eigenvalue weighted by Crippen LogP contribution is 2.48. The van der Waals surface area contributed by atoms with Crippen molar-refractivity contribution in [3.05, 3.63) is 29.8 Å². The van der Waals surface area contributed by atoms with E-state index < -0.39 is 17.2 Å². The lowest BCUT2D eigenvalue weighted by molar-refractivity contribution is 0.0527. The number of hydrogen-bond acceptors (Lipinski definition) is 3. The van der Waals surface area contributed by atoms with Gasteiger partial charge in [0.15, 0.2) is 5.78 Å². The second kappa shape index (κ2) is 4.58. The first-order valence-corrected chi connectivity index (χ1v) is 7.52. The second-order valence-corrected chi connectivity index (χ2v) is 6.90. The van der Waals surface area contributed by atoms with E-state index in [0.29, 0.717) is 11.3 Å². The van der Waals surface area contributed by atoms with Crippen molar-refractivity contribution >= 4 is 17.6 Å². The van der Waals surface area contributed by atoms with Crippen molar-refractivity contribution in [2.45, 2.75) is 57.6 Å². The number of benzene rings is 1. The summed E-state index contributed by atoms with van der Waals surface area (Å²) in [5.41, 5.74) is 0.0487. The number of nitrogens with zero attached hydrogens (tertiary/aromatic N) is 1. The minimum absolute atomic E-state index is 0.0708. The molecule has 1 amide bonds. The van der Waals surface area contributed by atoms with Crippen molar-refractivity contribution in [2.24, 2.45) is 0 Å². The Labute approximate surface area is 125 Å². The van der Waals surface area contributed by atoms with Crippen LogP contribution < -0.4 is 4.90 Å². The fourth-order valence-corrected chi connectivity index (χ4v) is 3.43. The number of ether oxygens (including phenoxy) is 1. The van der Waals surface area contributed by atoms with E-state index in [1.54, 1.807) is 4.90 Å². The molecule has 0 N–H and O–H groups in total. The van der Waals surface area contributed by atoms with Crippen molar-refractivity contribution < 1.29 is 14.3 Å². The molecule has 1 aromatic rings. The molecule has 3 rings (SSSR count). The maximum absolute atomic E-state index is 12.9. The molecule has 1 saturated carbocycles. The highest BCUT2D eigenvalue weighted by molar-refractivity contribution is 6.19. The molecule has 1 fully saturated rings. The minimum Gasteiger partial charge on any atom is -0.443 e. The van der Waals surface area contributed by atoms with Crippen molar-refractivity contribution in [1.82, 2.24) is 0 Å². The van der Waals surface area contributed by atoms with Crippen molar-refractivity contribution in [3.63, 3.8) is 0 Å². The van der Waals surface area contributed by atoms with Crippen LogP contribution in [0.4, 0.5) is 10.5 Å². The number of ketones is 1. The van der Waals surface area contributed by atoms with Crippen LogP contribution in [0.15, 0.2) is 24.3 Å². The molecule has 21 heavy (non-hydrogen) atoms. The van der Waals surface area contributed by atoms with Gasteiger partial charge in [-0.25, -0.2) is 4.79 Å². The van der Waals surface area contributed by atoms with Crippen molar-refractivity contribution in [3.8, 4) is 0 Å². The summed E-state index contributed by atoms with van der Waals surface area (Å²) < 4.78 is 5.55. The Morgan fingerprint density at radius 3 is 2.43 bits per heavy atom. The lowest BCUT2D eigenvalue weighted by atomic mass is 9.91. The summed E-state index contributed by atoms with van der Waals surface area (Å²) in [5, 5.41) is 0. The number of rotatable bonds is 0. The molecule has 0 unspecified atom stereocenters. The van der Waals surface area contributed by atoms with Crippen LogP contribution in [0.25, 0.3) is 0 Å². The van der Waals surface area contributed by atoms with E-state index in [0.717, 1.165) is 25.7 Å². The van der Waals surface area contributed by atoms with E-state index >= 15 is 0 Å². The summed E-state index contributed by atoms with van der Waals surface area (Å²) in [6.07, 6.45) is 2.97. The Kier molecular flexibility index (Phi) is 3.08. The molecule has 4 heteroatoms. The third kappa shape index (κ3) is 2.13. The zero-order valence-corrected chi connectivity index (χ0v) is 12.8. The van der Waals surface area contributed by atoms with Crippen molar-refractivity contribution in [2.75, 3.05) is 4.90 Å². The van der Waals surface area contributed by atoms with Crippen molar-refractivity contribution in [1.29, 1.82) is 0 Å². The molecule has 0 atom stereocenters. The standard InChI is InChI=1S/C17H21NO3/c1-16(2,3)21-15(20)18-13-9-5-4-8-12(13)14(19)17(18)10-6-7-11-17/h4-5,8-9H,6-7,10-11H2,1-3H3. The lowest BCUT2D eigenvalue weighted by Crippen LogP contribution is -2.52. The topological polar surface area (TPSA) is 46.6 Å². The molecule has 1 aromatic carbocycles. The molecule has 1 aliphatic heterocycles. The minimum atomic E-state index is -0.716. The van der Waals surface area contributed by atoms with E-state index in [-0.39, 0.29) is 5.78 Å². The predicted molar refractivity (Wildman–Crippen MR) is 80.7 cm³/mol. The third-order valence-corrected chi connectivity index (χ3v) is 4.25. The molecule has 1 heterocycles. The summed E-state index contributed by atoms with van der Waals surface area (Å²) in [6, 6.07) is 7.35. The van der Waals surface area contributed by atoms with Gasteiger partial charge in [-0.3, -0.25) is 9.69 Å². The molecular weight excluding hydrogens is 266 g/mol.